The lowest BCUT2D eigenvalue weighted by molar-refractivity contribution is -0.145. The van der Waals surface area contributed by atoms with Crippen LogP contribution < -0.4 is 0 Å². The number of aryl methyl sites for hydroxylation is 1. The van der Waals surface area contributed by atoms with Gasteiger partial charge in [-0.05, 0) is 45.6 Å². The molecule has 0 radical (unpaired) electrons. The summed E-state index contributed by atoms with van der Waals surface area (Å²) in [5, 5.41) is 0. The lowest BCUT2D eigenvalue weighted by atomic mass is 9.61. The van der Waals surface area contributed by atoms with Gasteiger partial charge in [-0.3, -0.25) is 0 Å². The Labute approximate surface area is 174 Å². The summed E-state index contributed by atoms with van der Waals surface area (Å²) in [5.74, 6) is -0.672. The summed E-state index contributed by atoms with van der Waals surface area (Å²) < 4.78 is 70.7. The van der Waals surface area contributed by atoms with Crippen molar-refractivity contribution in [2.75, 3.05) is 39.9 Å². The second-order valence-electron chi connectivity index (χ2n) is 8.97. The first kappa shape index (κ1) is 21.9. The van der Waals surface area contributed by atoms with E-state index in [1.54, 1.807) is 0 Å². The molecular weight excluding hydrogens is 421 g/mol. The zero-order valence-corrected chi connectivity index (χ0v) is 18.0. The van der Waals surface area contributed by atoms with Gasteiger partial charge in [-0.25, -0.2) is 18.4 Å². The Kier molecular flexibility index (Phi) is 5.61. The van der Waals surface area contributed by atoms with Gasteiger partial charge in [0, 0.05) is 44.3 Å². The average molecular weight is 449 g/mol. The molecule has 4 rings (SSSR count). The van der Waals surface area contributed by atoms with Crippen LogP contribution in [-0.2, 0) is 20.9 Å². The van der Waals surface area contributed by atoms with E-state index in [0.29, 0.717) is 25.0 Å². The lowest BCUT2D eigenvalue weighted by Gasteiger charge is -2.60. The Morgan fingerprint density at radius 2 is 1.90 bits per heavy atom. The largest absolute Gasteiger partial charge is 0.451 e. The van der Waals surface area contributed by atoms with Crippen LogP contribution >= 0.6 is 0 Å². The molecule has 1 aromatic heterocycles. The highest BCUT2D eigenvalue weighted by Crippen LogP contribution is 2.51. The first-order valence-electron chi connectivity index (χ1n) is 10.2. The van der Waals surface area contributed by atoms with Crippen LogP contribution in [0.5, 0.6) is 0 Å². The number of hydrogen-bond acceptors (Lipinski definition) is 6. The Morgan fingerprint density at radius 1 is 1.27 bits per heavy atom. The molecule has 1 saturated carbocycles. The van der Waals surface area contributed by atoms with Crippen LogP contribution in [0.1, 0.15) is 37.2 Å². The number of halogens is 3. The summed E-state index contributed by atoms with van der Waals surface area (Å²) in [6, 6.07) is 0.453. The third-order valence-corrected chi connectivity index (χ3v) is 8.57. The molecule has 3 fully saturated rings. The van der Waals surface area contributed by atoms with Crippen molar-refractivity contribution in [2.45, 2.75) is 49.7 Å². The molecule has 1 spiro atoms. The minimum Gasteiger partial charge on any atom is -0.381 e. The standard InChI is InChI=1S/C19H27F3N4O3S/c1-13-16(9-23-17(24-13)19(20,21)22)30(27,28)26-11-18(12-26)7-15(8-18)25(2)10-14-3-5-29-6-4-14/h9,14-15H,3-8,10-12H2,1-2H3. The summed E-state index contributed by atoms with van der Waals surface area (Å²) >= 11 is 0. The number of aromatic nitrogens is 2. The molecule has 0 N–H and O–H groups in total. The molecule has 0 unspecified atom stereocenters. The molecule has 168 valence electrons. The number of sulfonamides is 1. The molecule has 1 aromatic rings. The monoisotopic (exact) mass is 448 g/mol. The molecule has 3 heterocycles. The Balaban J connectivity index is 1.33. The minimum atomic E-state index is -4.70. The van der Waals surface area contributed by atoms with Gasteiger partial charge >= 0.3 is 6.18 Å². The molecule has 2 saturated heterocycles. The van der Waals surface area contributed by atoms with E-state index in [-0.39, 0.29) is 16.0 Å². The topological polar surface area (TPSA) is 75.6 Å². The van der Waals surface area contributed by atoms with Crippen LogP contribution in [0.3, 0.4) is 0 Å². The molecule has 11 heteroatoms. The summed E-state index contributed by atoms with van der Waals surface area (Å²) in [4.78, 5) is 8.71. The number of alkyl halides is 3. The normalized spacial score (nSPS) is 23.5. The van der Waals surface area contributed by atoms with E-state index >= 15 is 0 Å². The molecule has 3 aliphatic rings. The van der Waals surface area contributed by atoms with E-state index in [0.717, 1.165) is 51.6 Å². The van der Waals surface area contributed by atoms with Gasteiger partial charge in [-0.2, -0.15) is 17.5 Å². The van der Waals surface area contributed by atoms with E-state index in [4.69, 9.17) is 4.74 Å². The van der Waals surface area contributed by atoms with Crippen molar-refractivity contribution < 1.29 is 26.3 Å². The quantitative estimate of drug-likeness (QED) is 0.688. The lowest BCUT2D eigenvalue weighted by Crippen LogP contribution is -2.67. The van der Waals surface area contributed by atoms with E-state index in [2.05, 4.69) is 21.9 Å². The van der Waals surface area contributed by atoms with Gasteiger partial charge in [0.25, 0.3) is 0 Å². The average Bonchev–Trinajstić information content (AvgIpc) is 2.59. The number of hydrogen-bond donors (Lipinski definition) is 0. The fourth-order valence-electron chi connectivity index (χ4n) is 4.85. The van der Waals surface area contributed by atoms with Gasteiger partial charge in [0.2, 0.25) is 15.8 Å². The zero-order chi connectivity index (χ0) is 21.7. The highest BCUT2D eigenvalue weighted by Gasteiger charge is 2.56. The maximum absolute atomic E-state index is 12.8. The van der Waals surface area contributed by atoms with Crippen LogP contribution in [0.25, 0.3) is 0 Å². The highest BCUT2D eigenvalue weighted by molar-refractivity contribution is 7.89. The summed E-state index contributed by atoms with van der Waals surface area (Å²) in [7, 11) is -1.76. The zero-order valence-electron chi connectivity index (χ0n) is 17.2. The van der Waals surface area contributed by atoms with Crippen LogP contribution in [0.4, 0.5) is 13.2 Å². The summed E-state index contributed by atoms with van der Waals surface area (Å²) in [5.41, 5.74) is -0.191. The summed E-state index contributed by atoms with van der Waals surface area (Å²) in [6.07, 6.45) is 0.135. The van der Waals surface area contributed by atoms with Gasteiger partial charge in [0.1, 0.15) is 4.90 Å². The second-order valence-corrected chi connectivity index (χ2v) is 10.9. The van der Waals surface area contributed by atoms with Crippen LogP contribution in [0.15, 0.2) is 11.1 Å². The fraction of sp³-hybridized carbons (Fsp3) is 0.789. The second kappa shape index (κ2) is 7.68. The Bertz CT molecular complexity index is 889. The number of ether oxygens (including phenoxy) is 1. The Hall–Kier alpha value is -1.30. The van der Waals surface area contributed by atoms with E-state index in [1.807, 2.05) is 0 Å². The third kappa shape index (κ3) is 4.09. The fourth-order valence-corrected chi connectivity index (χ4v) is 6.62. The SMILES string of the molecule is Cc1nc(C(F)(F)F)ncc1S(=O)(=O)N1CC2(CC(N(C)CC3CCOCC3)C2)C1. The first-order chi connectivity index (χ1) is 14.0. The van der Waals surface area contributed by atoms with Crippen molar-refractivity contribution in [2.24, 2.45) is 11.3 Å². The van der Waals surface area contributed by atoms with E-state index < -0.39 is 22.0 Å². The molecule has 0 bridgehead atoms. The van der Waals surface area contributed by atoms with E-state index in [9.17, 15) is 21.6 Å². The first-order valence-corrected chi connectivity index (χ1v) is 11.6. The molecule has 30 heavy (non-hydrogen) atoms. The van der Waals surface area contributed by atoms with Gasteiger partial charge in [-0.1, -0.05) is 0 Å². The van der Waals surface area contributed by atoms with Crippen molar-refractivity contribution in [3.05, 3.63) is 17.7 Å². The van der Waals surface area contributed by atoms with Crippen molar-refractivity contribution in [1.82, 2.24) is 19.2 Å². The summed E-state index contributed by atoms with van der Waals surface area (Å²) in [6.45, 7) is 4.76. The molecule has 2 aliphatic heterocycles. The molecule has 0 amide bonds. The molecular formula is C19H27F3N4O3S. The predicted molar refractivity (Wildman–Crippen MR) is 102 cm³/mol. The molecule has 7 nitrogen and oxygen atoms in total. The smallest absolute Gasteiger partial charge is 0.381 e. The highest BCUT2D eigenvalue weighted by atomic mass is 32.2. The predicted octanol–water partition coefficient (Wildman–Crippen LogP) is 2.32. The molecule has 0 atom stereocenters. The van der Waals surface area contributed by atoms with Gasteiger partial charge in [0.05, 0.1) is 11.9 Å². The number of nitrogens with zero attached hydrogens (tertiary/aromatic N) is 4. The Morgan fingerprint density at radius 3 is 2.47 bits per heavy atom. The van der Waals surface area contributed by atoms with Crippen molar-refractivity contribution in [3.63, 3.8) is 0 Å². The van der Waals surface area contributed by atoms with Gasteiger partial charge < -0.3 is 9.64 Å². The minimum absolute atomic E-state index is 0.0116. The van der Waals surface area contributed by atoms with Gasteiger partial charge in [0.15, 0.2) is 0 Å². The van der Waals surface area contributed by atoms with Crippen LogP contribution in [-0.4, -0.2) is 73.5 Å². The van der Waals surface area contributed by atoms with Crippen LogP contribution in [0, 0.1) is 18.3 Å². The van der Waals surface area contributed by atoms with Crippen molar-refractivity contribution >= 4 is 10.0 Å². The molecule has 0 aromatic carbocycles. The van der Waals surface area contributed by atoms with E-state index in [1.165, 1.54) is 11.2 Å². The van der Waals surface area contributed by atoms with Crippen molar-refractivity contribution in [3.8, 4) is 0 Å². The third-order valence-electron chi connectivity index (χ3n) is 6.68. The number of rotatable bonds is 5. The van der Waals surface area contributed by atoms with Gasteiger partial charge in [-0.15, -0.1) is 0 Å². The van der Waals surface area contributed by atoms with Crippen molar-refractivity contribution in [1.29, 1.82) is 0 Å². The maximum atomic E-state index is 12.8. The van der Waals surface area contributed by atoms with Crippen LogP contribution in [0.2, 0.25) is 0 Å². The maximum Gasteiger partial charge on any atom is 0.451 e. The molecule has 1 aliphatic carbocycles.